The van der Waals surface area contributed by atoms with Gasteiger partial charge in [-0.3, -0.25) is 4.90 Å². The molecular formula is C15H22ClNO2S. The largest absolute Gasteiger partial charge is 0.297 e. The number of rotatable bonds is 4. The average Bonchev–Trinajstić information content (AvgIpc) is 2.46. The molecule has 1 fully saturated rings. The van der Waals surface area contributed by atoms with Gasteiger partial charge in [-0.15, -0.1) is 11.6 Å². The Morgan fingerprint density at radius 3 is 2.25 bits per heavy atom. The molecule has 1 aliphatic rings. The summed E-state index contributed by atoms with van der Waals surface area (Å²) in [6.07, 6.45) is 2.83. The number of piperidine rings is 1. The number of hydrogen-bond donors (Lipinski definition) is 0. The van der Waals surface area contributed by atoms with Crippen LogP contribution in [-0.4, -0.2) is 37.9 Å². The molecule has 0 N–H and O–H groups in total. The van der Waals surface area contributed by atoms with E-state index in [1.165, 1.54) is 11.8 Å². The molecule has 3 nitrogen and oxygen atoms in total. The van der Waals surface area contributed by atoms with Gasteiger partial charge in [0, 0.05) is 18.2 Å². The van der Waals surface area contributed by atoms with E-state index in [1.54, 1.807) is 0 Å². The Kier molecular flexibility index (Phi) is 5.10. The number of hydrogen-bond acceptors (Lipinski definition) is 3. The molecule has 1 saturated heterocycles. The van der Waals surface area contributed by atoms with Crippen molar-refractivity contribution in [1.29, 1.82) is 0 Å². The topological polar surface area (TPSA) is 37.4 Å². The van der Waals surface area contributed by atoms with Gasteiger partial charge < -0.3 is 0 Å². The molecule has 20 heavy (non-hydrogen) atoms. The zero-order valence-electron chi connectivity index (χ0n) is 12.0. The molecule has 0 spiro atoms. The summed E-state index contributed by atoms with van der Waals surface area (Å²) in [5.74, 6) is 0.536. The second-order valence-electron chi connectivity index (χ2n) is 5.62. The first kappa shape index (κ1) is 15.8. The van der Waals surface area contributed by atoms with Crippen LogP contribution in [0.1, 0.15) is 36.9 Å². The second-order valence-corrected chi connectivity index (χ2v) is 8.21. The van der Waals surface area contributed by atoms with Crippen LogP contribution in [0, 0.1) is 0 Å². The van der Waals surface area contributed by atoms with Crippen LogP contribution in [0.3, 0.4) is 0 Å². The van der Waals surface area contributed by atoms with Gasteiger partial charge in [0.15, 0.2) is 0 Å². The van der Waals surface area contributed by atoms with Crippen molar-refractivity contribution in [2.45, 2.75) is 36.9 Å². The van der Waals surface area contributed by atoms with Gasteiger partial charge in [0.25, 0.3) is 0 Å². The summed E-state index contributed by atoms with van der Waals surface area (Å²) in [5.41, 5.74) is 2.38. The van der Waals surface area contributed by atoms with Gasteiger partial charge >= 0.3 is 0 Å². The van der Waals surface area contributed by atoms with E-state index in [-0.39, 0.29) is 5.25 Å². The third-order valence-electron chi connectivity index (χ3n) is 4.25. The molecule has 1 aromatic rings. The van der Waals surface area contributed by atoms with Crippen molar-refractivity contribution in [1.82, 2.24) is 4.90 Å². The van der Waals surface area contributed by atoms with E-state index in [0.29, 0.717) is 11.9 Å². The van der Waals surface area contributed by atoms with Crippen molar-refractivity contribution >= 4 is 21.4 Å². The predicted octanol–water partition coefficient (Wildman–Crippen LogP) is 3.00. The third kappa shape index (κ3) is 3.74. The molecule has 1 aliphatic heterocycles. The molecule has 5 heteroatoms. The quantitative estimate of drug-likeness (QED) is 0.802. The first-order chi connectivity index (χ1) is 9.41. The Morgan fingerprint density at radius 1 is 1.25 bits per heavy atom. The Morgan fingerprint density at radius 2 is 1.80 bits per heavy atom. The molecule has 0 unspecified atom stereocenters. The highest BCUT2D eigenvalue weighted by atomic mass is 35.5. The number of sulfone groups is 1. The molecule has 0 radical (unpaired) electrons. The van der Waals surface area contributed by atoms with Gasteiger partial charge in [0.1, 0.15) is 9.84 Å². The molecule has 1 aromatic carbocycles. The Hall–Kier alpha value is -0.580. The maximum absolute atomic E-state index is 11.6. The summed E-state index contributed by atoms with van der Waals surface area (Å²) in [6, 6.07) is 8.67. The fourth-order valence-corrected chi connectivity index (χ4v) is 4.03. The zero-order chi connectivity index (χ0) is 14.8. The van der Waals surface area contributed by atoms with Crippen molar-refractivity contribution in [3.63, 3.8) is 0 Å². The van der Waals surface area contributed by atoms with Crippen molar-refractivity contribution in [3.05, 3.63) is 35.4 Å². The normalized spacial score (nSPS) is 19.9. The second kappa shape index (κ2) is 6.46. The fourth-order valence-electron chi connectivity index (χ4n) is 2.79. The molecule has 0 aliphatic carbocycles. The van der Waals surface area contributed by atoms with E-state index in [9.17, 15) is 8.42 Å². The molecular weight excluding hydrogens is 294 g/mol. The zero-order valence-corrected chi connectivity index (χ0v) is 13.6. The van der Waals surface area contributed by atoms with E-state index < -0.39 is 9.84 Å². The van der Waals surface area contributed by atoms with E-state index in [2.05, 4.69) is 36.1 Å². The third-order valence-corrected chi connectivity index (χ3v) is 6.24. The summed E-state index contributed by atoms with van der Waals surface area (Å²) in [4.78, 5) is 2.36. The van der Waals surface area contributed by atoms with Gasteiger partial charge in [-0.1, -0.05) is 24.3 Å². The molecule has 1 atom stereocenters. The minimum absolute atomic E-state index is 0.162. The average molecular weight is 316 g/mol. The maximum atomic E-state index is 11.6. The standard InChI is InChI=1S/C15H22ClNO2S/c1-12(14-5-3-13(11-16)4-6-14)17-9-7-15(8-10-17)20(2,18)19/h3-6,12,15H,7-11H2,1-2H3/t12-/m1/s1. The highest BCUT2D eigenvalue weighted by molar-refractivity contribution is 7.91. The van der Waals surface area contributed by atoms with Crippen LogP contribution >= 0.6 is 11.6 Å². The van der Waals surface area contributed by atoms with Gasteiger partial charge in [-0.25, -0.2) is 8.42 Å². The van der Waals surface area contributed by atoms with Crippen molar-refractivity contribution in [2.24, 2.45) is 0 Å². The summed E-state index contributed by atoms with van der Waals surface area (Å²) in [7, 11) is -2.89. The van der Waals surface area contributed by atoms with E-state index in [1.807, 2.05) is 0 Å². The van der Waals surface area contributed by atoms with Crippen molar-refractivity contribution in [2.75, 3.05) is 19.3 Å². The highest BCUT2D eigenvalue weighted by Gasteiger charge is 2.28. The predicted molar refractivity (Wildman–Crippen MR) is 83.9 cm³/mol. The van der Waals surface area contributed by atoms with Crippen LogP contribution < -0.4 is 0 Å². The number of likely N-dealkylation sites (tertiary alicyclic amines) is 1. The number of nitrogens with zero attached hydrogens (tertiary/aromatic N) is 1. The minimum atomic E-state index is -2.89. The number of benzene rings is 1. The molecule has 0 saturated carbocycles. The maximum Gasteiger partial charge on any atom is 0.150 e. The SMILES string of the molecule is C[C@H](c1ccc(CCl)cc1)N1CCC(S(C)(=O)=O)CC1. The number of alkyl halides is 1. The fraction of sp³-hybridized carbons (Fsp3) is 0.600. The van der Waals surface area contributed by atoms with Crippen LogP contribution in [0.15, 0.2) is 24.3 Å². The van der Waals surface area contributed by atoms with Crippen LogP contribution in [0.25, 0.3) is 0 Å². The molecule has 0 aromatic heterocycles. The Labute approximate surface area is 126 Å². The molecule has 2 rings (SSSR count). The molecule has 0 amide bonds. The monoisotopic (exact) mass is 315 g/mol. The lowest BCUT2D eigenvalue weighted by Gasteiger charge is -2.35. The summed E-state index contributed by atoms with van der Waals surface area (Å²) in [6.45, 7) is 3.86. The van der Waals surface area contributed by atoms with Gasteiger partial charge in [0.2, 0.25) is 0 Å². The first-order valence-corrected chi connectivity index (χ1v) is 9.48. The molecule has 112 valence electrons. The van der Waals surface area contributed by atoms with Crippen LogP contribution in [-0.2, 0) is 15.7 Å². The van der Waals surface area contributed by atoms with Crippen LogP contribution in [0.5, 0.6) is 0 Å². The lowest BCUT2D eigenvalue weighted by Crippen LogP contribution is -2.40. The van der Waals surface area contributed by atoms with Crippen molar-refractivity contribution < 1.29 is 8.42 Å². The van der Waals surface area contributed by atoms with Crippen LogP contribution in [0.4, 0.5) is 0 Å². The van der Waals surface area contributed by atoms with Crippen LogP contribution in [0.2, 0.25) is 0 Å². The van der Waals surface area contributed by atoms with Crippen molar-refractivity contribution in [3.8, 4) is 0 Å². The molecule has 0 bridgehead atoms. The summed E-state index contributed by atoms with van der Waals surface area (Å²) in [5, 5.41) is -0.162. The summed E-state index contributed by atoms with van der Waals surface area (Å²) < 4.78 is 23.1. The number of halogens is 1. The van der Waals surface area contributed by atoms with E-state index in [4.69, 9.17) is 11.6 Å². The van der Waals surface area contributed by atoms with E-state index >= 15 is 0 Å². The van der Waals surface area contributed by atoms with Gasteiger partial charge in [0.05, 0.1) is 5.25 Å². The molecule has 1 heterocycles. The summed E-state index contributed by atoms with van der Waals surface area (Å²) >= 11 is 5.80. The lowest BCUT2D eigenvalue weighted by molar-refractivity contribution is 0.176. The minimum Gasteiger partial charge on any atom is -0.297 e. The Balaban J connectivity index is 1.99. The smallest absolute Gasteiger partial charge is 0.150 e. The Bertz CT molecular complexity index is 533. The van der Waals surface area contributed by atoms with Gasteiger partial charge in [-0.05, 0) is 44.0 Å². The first-order valence-electron chi connectivity index (χ1n) is 6.99. The lowest BCUT2D eigenvalue weighted by atomic mass is 10.0. The van der Waals surface area contributed by atoms with Gasteiger partial charge in [-0.2, -0.15) is 0 Å². The van der Waals surface area contributed by atoms with E-state index in [0.717, 1.165) is 31.5 Å². The highest BCUT2D eigenvalue weighted by Crippen LogP contribution is 2.26.